The molecule has 2 heterocycles. The molecule has 1 aliphatic heterocycles. The van der Waals surface area contributed by atoms with Gasteiger partial charge in [-0.25, -0.2) is 0 Å². The van der Waals surface area contributed by atoms with Gasteiger partial charge in [0.05, 0.1) is 31.6 Å². The number of thiazole rings is 1. The first kappa shape index (κ1) is 33.3. The number of allylic oxidation sites excluding steroid dienone is 2. The lowest BCUT2D eigenvalue weighted by molar-refractivity contribution is -0.642. The van der Waals surface area contributed by atoms with E-state index in [-0.39, 0.29) is 6.17 Å². The van der Waals surface area contributed by atoms with Gasteiger partial charge in [0.1, 0.15) is 29.1 Å². The Kier molecular flexibility index (Phi) is 10.2. The third kappa shape index (κ3) is 6.45. The number of hydrogen-bond acceptors (Lipinski definition) is 6. The summed E-state index contributed by atoms with van der Waals surface area (Å²) in [6, 6.07) is 32.2. The molecule has 1 aliphatic rings. The number of benzene rings is 4. The van der Waals surface area contributed by atoms with Gasteiger partial charge in [-0.2, -0.15) is 4.57 Å². The molecule has 248 valence electrons. The van der Waals surface area contributed by atoms with Crippen molar-refractivity contribution in [3.63, 3.8) is 0 Å². The fourth-order valence-corrected chi connectivity index (χ4v) is 8.05. The molecule has 1 aromatic heterocycles. The minimum Gasteiger partial charge on any atom is -0.496 e. The van der Waals surface area contributed by atoms with Crippen molar-refractivity contribution in [3.05, 3.63) is 119 Å². The van der Waals surface area contributed by atoms with E-state index in [4.69, 9.17) is 9.47 Å². The third-order valence-electron chi connectivity index (χ3n) is 9.19. The Morgan fingerprint density at radius 1 is 0.875 bits per heavy atom. The van der Waals surface area contributed by atoms with Crippen LogP contribution in [-0.2, 0) is 13.6 Å². The number of hydrogen-bond donors (Lipinski definition) is 0. The molecule has 6 nitrogen and oxygen atoms in total. The Bertz CT molecular complexity index is 1920. The summed E-state index contributed by atoms with van der Waals surface area (Å²) in [5.74, 6) is 2.84. The van der Waals surface area contributed by atoms with Crippen LogP contribution in [-0.4, -0.2) is 50.8 Å². The van der Waals surface area contributed by atoms with E-state index in [1.54, 1.807) is 14.2 Å². The number of para-hydroxylation sites is 1. The Morgan fingerprint density at radius 2 is 1.58 bits per heavy atom. The lowest BCUT2D eigenvalue weighted by Crippen LogP contribution is -2.49. The number of nitrogens with zero attached hydrogens (tertiary/aromatic N) is 4. The molecule has 5 aromatic rings. The number of anilines is 1. The third-order valence-corrected chi connectivity index (χ3v) is 10.3. The highest BCUT2D eigenvalue weighted by Gasteiger charge is 2.31. The number of methoxy groups -OCH3 is 2. The van der Waals surface area contributed by atoms with Gasteiger partial charge in [-0.05, 0) is 80.0 Å². The highest BCUT2D eigenvalue weighted by Crippen LogP contribution is 2.42. The van der Waals surface area contributed by atoms with Crippen LogP contribution in [0.2, 0.25) is 0 Å². The highest BCUT2D eigenvalue weighted by atomic mass is 32.1. The summed E-state index contributed by atoms with van der Waals surface area (Å²) in [6.07, 6.45) is 7.14. The molecule has 0 fully saturated rings. The summed E-state index contributed by atoms with van der Waals surface area (Å²) in [6.45, 7) is 6.33. The monoisotopic (exact) mass is 659 g/mol. The fourth-order valence-electron chi connectivity index (χ4n) is 6.91. The maximum absolute atomic E-state index is 5.74. The van der Waals surface area contributed by atoms with Crippen LogP contribution in [0.4, 0.5) is 5.69 Å². The standard InChI is InChI=1S/C41H47N4O2S/c1-8-24-44(38(9-2)42(3)4)39-26-31(32-18-13-14-19-33(32)45(39)28-29-16-11-10-12-17-29)27-40-43(5)34-23-22-30(25-37(34)48-40)41-35(46-6)20-15-21-36(41)47-7/h10-23,25-27,38H,8-9,24,28H2,1-7H3/q+1. The number of aryl methyl sites for hydroxylation is 1. The molecule has 0 aliphatic carbocycles. The van der Waals surface area contributed by atoms with Gasteiger partial charge in [0.25, 0.3) is 5.01 Å². The Balaban J connectivity index is 1.51. The minimum atomic E-state index is 0.270. The maximum Gasteiger partial charge on any atom is 0.263 e. The summed E-state index contributed by atoms with van der Waals surface area (Å²) < 4.78 is 15.0. The Morgan fingerprint density at radius 3 is 2.25 bits per heavy atom. The van der Waals surface area contributed by atoms with Gasteiger partial charge < -0.3 is 19.3 Å². The molecule has 0 N–H and O–H groups in total. The smallest absolute Gasteiger partial charge is 0.263 e. The summed E-state index contributed by atoms with van der Waals surface area (Å²) >= 11 is 1.81. The van der Waals surface area contributed by atoms with Gasteiger partial charge in [0.2, 0.25) is 5.52 Å². The van der Waals surface area contributed by atoms with Crippen LogP contribution in [0, 0.1) is 0 Å². The lowest BCUT2D eigenvalue weighted by Gasteiger charge is -2.45. The molecule has 7 heteroatoms. The molecule has 0 amide bonds. The molecule has 1 unspecified atom stereocenters. The molecule has 0 saturated carbocycles. The molecule has 6 rings (SSSR count). The zero-order valence-corrected chi connectivity index (χ0v) is 30.1. The topological polar surface area (TPSA) is 32.1 Å². The van der Waals surface area contributed by atoms with Crippen molar-refractivity contribution in [2.24, 2.45) is 7.05 Å². The predicted molar refractivity (Wildman–Crippen MR) is 201 cm³/mol. The van der Waals surface area contributed by atoms with E-state index in [9.17, 15) is 0 Å². The first-order valence-corrected chi connectivity index (χ1v) is 17.6. The number of fused-ring (bicyclic) bond motifs is 2. The van der Waals surface area contributed by atoms with Crippen LogP contribution < -0.4 is 18.9 Å². The molecule has 0 saturated heterocycles. The van der Waals surface area contributed by atoms with Crippen LogP contribution >= 0.6 is 11.3 Å². The average Bonchev–Trinajstić information content (AvgIpc) is 3.42. The fraction of sp³-hybridized carbons (Fsp3) is 0.293. The zero-order valence-electron chi connectivity index (χ0n) is 29.2. The number of rotatable bonds is 12. The normalized spacial score (nSPS) is 14.3. The molecule has 0 spiro atoms. The van der Waals surface area contributed by atoms with Crippen LogP contribution in [0.3, 0.4) is 0 Å². The lowest BCUT2D eigenvalue weighted by atomic mass is 9.97. The van der Waals surface area contributed by atoms with Crippen molar-refractivity contribution >= 4 is 38.9 Å². The van der Waals surface area contributed by atoms with E-state index in [1.165, 1.54) is 43.4 Å². The van der Waals surface area contributed by atoms with E-state index in [2.05, 4.69) is 139 Å². The minimum absolute atomic E-state index is 0.270. The molecule has 1 atom stereocenters. The first-order chi connectivity index (χ1) is 23.4. The second-order valence-corrected chi connectivity index (χ2v) is 13.5. The molecular formula is C41H47N4O2S+. The van der Waals surface area contributed by atoms with Crippen molar-refractivity contribution < 1.29 is 14.0 Å². The highest BCUT2D eigenvalue weighted by molar-refractivity contribution is 7.19. The van der Waals surface area contributed by atoms with Crippen LogP contribution in [0.15, 0.2) is 103 Å². The first-order valence-electron chi connectivity index (χ1n) is 16.8. The zero-order chi connectivity index (χ0) is 33.8. The average molecular weight is 660 g/mol. The maximum atomic E-state index is 5.74. The summed E-state index contributed by atoms with van der Waals surface area (Å²) in [4.78, 5) is 7.47. The van der Waals surface area contributed by atoms with Gasteiger partial charge in [-0.15, -0.1) is 0 Å². The van der Waals surface area contributed by atoms with Crippen molar-refractivity contribution in [1.82, 2.24) is 9.80 Å². The van der Waals surface area contributed by atoms with Crippen LogP contribution in [0.5, 0.6) is 11.5 Å². The van der Waals surface area contributed by atoms with E-state index >= 15 is 0 Å². The van der Waals surface area contributed by atoms with Crippen molar-refractivity contribution in [2.75, 3.05) is 39.8 Å². The van der Waals surface area contributed by atoms with E-state index in [0.717, 1.165) is 48.6 Å². The second kappa shape index (κ2) is 14.7. The SMILES string of the molecule is CCCN(C1=CC(=Cc2sc3cc(-c4c(OC)cccc4OC)ccc3[n+]2C)c2ccccc2N1Cc1ccccc1)C(CC)N(C)C. The number of ether oxygens (including phenoxy) is 2. The predicted octanol–water partition coefficient (Wildman–Crippen LogP) is 8.82. The second-order valence-electron chi connectivity index (χ2n) is 12.5. The summed E-state index contributed by atoms with van der Waals surface area (Å²) in [7, 11) is 9.97. The molecule has 0 radical (unpaired) electrons. The molecule has 0 bridgehead atoms. The summed E-state index contributed by atoms with van der Waals surface area (Å²) in [5.41, 5.74) is 8.21. The van der Waals surface area contributed by atoms with Gasteiger partial charge in [-0.1, -0.05) is 79.8 Å². The van der Waals surface area contributed by atoms with Crippen LogP contribution in [0.25, 0.3) is 33.0 Å². The van der Waals surface area contributed by atoms with Gasteiger partial charge in [0, 0.05) is 30.8 Å². The van der Waals surface area contributed by atoms with Gasteiger partial charge >= 0.3 is 0 Å². The quantitative estimate of drug-likeness (QED) is 0.0988. The number of aromatic nitrogens is 1. The van der Waals surface area contributed by atoms with Crippen molar-refractivity contribution in [3.8, 4) is 22.6 Å². The van der Waals surface area contributed by atoms with Crippen LogP contribution in [0.1, 0.15) is 42.8 Å². The van der Waals surface area contributed by atoms with E-state index in [0.29, 0.717) is 0 Å². The molecule has 48 heavy (non-hydrogen) atoms. The molecule has 4 aromatic carbocycles. The van der Waals surface area contributed by atoms with Crippen molar-refractivity contribution in [1.29, 1.82) is 0 Å². The van der Waals surface area contributed by atoms with E-state index < -0.39 is 0 Å². The summed E-state index contributed by atoms with van der Waals surface area (Å²) in [5, 5.41) is 1.19. The van der Waals surface area contributed by atoms with Crippen molar-refractivity contribution in [2.45, 2.75) is 39.4 Å². The van der Waals surface area contributed by atoms with E-state index in [1.807, 2.05) is 29.5 Å². The Labute approximate surface area is 289 Å². The van der Waals surface area contributed by atoms with Gasteiger partial charge in [-0.3, -0.25) is 4.90 Å². The molecular weight excluding hydrogens is 613 g/mol. The Hall–Kier alpha value is -4.59. The van der Waals surface area contributed by atoms with Gasteiger partial charge in [0.15, 0.2) is 0 Å². The largest absolute Gasteiger partial charge is 0.496 e.